The molecule has 7 nitrogen and oxygen atoms in total. The van der Waals surface area contributed by atoms with Crippen molar-refractivity contribution in [2.45, 2.75) is 32.0 Å². The number of benzene rings is 2. The number of fused-ring (bicyclic) bond motifs is 1. The molecule has 1 aliphatic heterocycles. The first kappa shape index (κ1) is 21.6. The first-order chi connectivity index (χ1) is 16.1. The second-order valence-electron chi connectivity index (χ2n) is 8.14. The molecule has 170 valence electrons. The molecule has 0 radical (unpaired) electrons. The molecule has 8 heteroatoms. The van der Waals surface area contributed by atoms with E-state index in [-0.39, 0.29) is 12.0 Å². The van der Waals surface area contributed by atoms with Gasteiger partial charge >= 0.3 is 0 Å². The summed E-state index contributed by atoms with van der Waals surface area (Å²) in [6.07, 6.45) is 5.31. The number of rotatable bonds is 8. The molecule has 1 atom stereocenters. The molecule has 0 aliphatic carbocycles. The van der Waals surface area contributed by atoms with Crippen LogP contribution in [0.15, 0.2) is 69.9 Å². The first-order valence-electron chi connectivity index (χ1n) is 10.9. The van der Waals surface area contributed by atoms with E-state index < -0.39 is 0 Å². The molecule has 0 saturated carbocycles. The van der Waals surface area contributed by atoms with Crippen molar-refractivity contribution in [2.75, 3.05) is 18.5 Å². The van der Waals surface area contributed by atoms with Gasteiger partial charge in [0, 0.05) is 42.4 Å². The van der Waals surface area contributed by atoms with Crippen LogP contribution in [0.2, 0.25) is 5.02 Å². The number of furan rings is 1. The number of hydrogen-bond acceptors (Lipinski definition) is 6. The Morgan fingerprint density at radius 2 is 2.12 bits per heavy atom. The summed E-state index contributed by atoms with van der Waals surface area (Å²) in [6.45, 7) is 2.26. The van der Waals surface area contributed by atoms with Crippen molar-refractivity contribution in [1.29, 1.82) is 0 Å². The number of nitrogens with zero attached hydrogens (tertiary/aromatic N) is 2. The van der Waals surface area contributed by atoms with Crippen LogP contribution in [0.25, 0.3) is 11.1 Å². The molecule has 1 fully saturated rings. The lowest BCUT2D eigenvalue weighted by atomic mass is 10.1. The summed E-state index contributed by atoms with van der Waals surface area (Å²) >= 11 is 6.05. The van der Waals surface area contributed by atoms with Crippen molar-refractivity contribution >= 4 is 34.6 Å². The average Bonchev–Trinajstić information content (AvgIpc) is 3.58. The largest absolute Gasteiger partial charge is 0.472 e. The van der Waals surface area contributed by atoms with Crippen LogP contribution in [0.1, 0.15) is 34.3 Å². The normalized spacial score (nSPS) is 15.7. The molecule has 1 aliphatic rings. The predicted molar refractivity (Wildman–Crippen MR) is 125 cm³/mol. The Balaban J connectivity index is 1.32. The van der Waals surface area contributed by atoms with E-state index in [4.69, 9.17) is 25.2 Å². The summed E-state index contributed by atoms with van der Waals surface area (Å²) in [6, 6.07) is 15.2. The van der Waals surface area contributed by atoms with Crippen molar-refractivity contribution in [2.24, 2.45) is 0 Å². The predicted octanol–water partition coefficient (Wildman–Crippen LogP) is 5.51. The van der Waals surface area contributed by atoms with Crippen LogP contribution in [-0.4, -0.2) is 35.0 Å². The number of amides is 1. The van der Waals surface area contributed by atoms with Crippen LogP contribution in [-0.2, 0) is 17.8 Å². The quantitative estimate of drug-likeness (QED) is 0.369. The third-order valence-corrected chi connectivity index (χ3v) is 5.89. The second kappa shape index (κ2) is 9.68. The minimum Gasteiger partial charge on any atom is -0.472 e. The molecule has 2 aromatic carbocycles. The molecule has 2 aromatic heterocycles. The van der Waals surface area contributed by atoms with Crippen molar-refractivity contribution in [1.82, 2.24) is 9.88 Å². The van der Waals surface area contributed by atoms with Crippen molar-refractivity contribution in [3.63, 3.8) is 0 Å². The number of halogens is 1. The van der Waals surface area contributed by atoms with Gasteiger partial charge in [0.25, 0.3) is 11.9 Å². The summed E-state index contributed by atoms with van der Waals surface area (Å²) < 4.78 is 16.8. The zero-order chi connectivity index (χ0) is 22.6. The molecule has 3 heterocycles. The zero-order valence-corrected chi connectivity index (χ0v) is 18.8. The maximum Gasteiger partial charge on any atom is 0.295 e. The van der Waals surface area contributed by atoms with Gasteiger partial charge in [-0.3, -0.25) is 4.79 Å². The summed E-state index contributed by atoms with van der Waals surface area (Å²) in [5, 5.41) is 3.85. The van der Waals surface area contributed by atoms with Gasteiger partial charge in [-0.1, -0.05) is 23.7 Å². The lowest BCUT2D eigenvalue weighted by molar-refractivity contribution is 0.0507. The highest BCUT2D eigenvalue weighted by Crippen LogP contribution is 2.23. The number of aromatic nitrogens is 1. The van der Waals surface area contributed by atoms with E-state index >= 15 is 0 Å². The molecule has 0 spiro atoms. The van der Waals surface area contributed by atoms with E-state index in [1.807, 2.05) is 30.3 Å². The molecule has 0 bridgehead atoms. The minimum absolute atomic E-state index is 0.0546. The Labute approximate surface area is 196 Å². The Morgan fingerprint density at radius 3 is 2.91 bits per heavy atom. The lowest BCUT2D eigenvalue weighted by Gasteiger charge is -2.25. The number of ether oxygens (including phenoxy) is 1. The molecule has 33 heavy (non-hydrogen) atoms. The number of carbonyl (C=O) groups excluding carboxylic acids is 1. The van der Waals surface area contributed by atoms with E-state index in [0.29, 0.717) is 47.3 Å². The second-order valence-corrected chi connectivity index (χ2v) is 8.57. The maximum absolute atomic E-state index is 13.4. The summed E-state index contributed by atoms with van der Waals surface area (Å²) in [5.41, 5.74) is 3.75. The van der Waals surface area contributed by atoms with Crippen LogP contribution in [0.3, 0.4) is 0 Å². The molecular formula is C25H24ClN3O4. The fourth-order valence-electron chi connectivity index (χ4n) is 4.00. The highest BCUT2D eigenvalue weighted by Gasteiger charge is 2.24. The molecule has 1 saturated heterocycles. The number of hydrogen-bond donors (Lipinski definition) is 1. The Morgan fingerprint density at radius 1 is 1.18 bits per heavy atom. The van der Waals surface area contributed by atoms with Crippen molar-refractivity contribution in [3.05, 3.63) is 82.8 Å². The van der Waals surface area contributed by atoms with E-state index in [1.165, 1.54) is 0 Å². The molecule has 1 N–H and O–H groups in total. The smallest absolute Gasteiger partial charge is 0.295 e. The van der Waals surface area contributed by atoms with E-state index in [9.17, 15) is 4.79 Å². The number of nitrogens with one attached hydrogen (secondary N) is 1. The fraction of sp³-hybridized carbons (Fsp3) is 0.280. The summed E-state index contributed by atoms with van der Waals surface area (Å²) in [5.74, 6) is -0.0787. The SMILES string of the molecule is O=C(c1ccc2oc(NCc3cccc(Cl)c3)nc2c1)N(Cc1ccoc1)CC1CCCO1. The molecule has 1 amide bonds. The number of carbonyl (C=O) groups is 1. The third-order valence-electron chi connectivity index (χ3n) is 5.66. The van der Waals surface area contributed by atoms with Gasteiger partial charge in [-0.15, -0.1) is 0 Å². The van der Waals surface area contributed by atoms with Gasteiger partial charge in [-0.05, 0) is 54.8 Å². The van der Waals surface area contributed by atoms with E-state index in [2.05, 4.69) is 10.3 Å². The van der Waals surface area contributed by atoms with Crippen molar-refractivity contribution in [3.8, 4) is 0 Å². The Bertz CT molecular complexity index is 1230. The molecular weight excluding hydrogens is 442 g/mol. The minimum atomic E-state index is -0.0787. The van der Waals surface area contributed by atoms with Crippen LogP contribution >= 0.6 is 11.6 Å². The van der Waals surface area contributed by atoms with Gasteiger partial charge in [0.1, 0.15) is 5.52 Å². The maximum atomic E-state index is 13.4. The van der Waals surface area contributed by atoms with Gasteiger partial charge in [-0.25, -0.2) is 0 Å². The standard InChI is InChI=1S/C25H24ClN3O4/c26-20-4-1-3-17(11-20)13-27-25-28-22-12-19(6-7-23(22)33-25)24(30)29(14-18-8-10-31-16-18)15-21-5-2-9-32-21/h1,3-4,6-8,10-12,16,21H,2,5,9,13-15H2,(H,27,28). The fourth-order valence-corrected chi connectivity index (χ4v) is 4.21. The van der Waals surface area contributed by atoms with Crippen LogP contribution < -0.4 is 5.32 Å². The van der Waals surface area contributed by atoms with Gasteiger partial charge in [-0.2, -0.15) is 4.98 Å². The average molecular weight is 466 g/mol. The van der Waals surface area contributed by atoms with Gasteiger partial charge < -0.3 is 23.8 Å². The molecule has 5 rings (SSSR count). The van der Waals surface area contributed by atoms with Gasteiger partial charge in [0.05, 0.1) is 18.6 Å². The summed E-state index contributed by atoms with van der Waals surface area (Å²) in [4.78, 5) is 19.7. The van der Waals surface area contributed by atoms with Gasteiger partial charge in [0.2, 0.25) is 0 Å². The van der Waals surface area contributed by atoms with Gasteiger partial charge in [0.15, 0.2) is 5.58 Å². The molecule has 4 aromatic rings. The van der Waals surface area contributed by atoms with E-state index in [0.717, 1.165) is 30.6 Å². The van der Waals surface area contributed by atoms with Crippen LogP contribution in [0, 0.1) is 0 Å². The zero-order valence-electron chi connectivity index (χ0n) is 18.0. The highest BCUT2D eigenvalue weighted by atomic mass is 35.5. The Hall–Kier alpha value is -3.29. The van der Waals surface area contributed by atoms with Crippen LogP contribution in [0.5, 0.6) is 0 Å². The number of anilines is 1. The first-order valence-corrected chi connectivity index (χ1v) is 11.3. The topological polar surface area (TPSA) is 80.7 Å². The van der Waals surface area contributed by atoms with Crippen molar-refractivity contribution < 1.29 is 18.4 Å². The third kappa shape index (κ3) is 5.21. The lowest BCUT2D eigenvalue weighted by Crippen LogP contribution is -2.36. The van der Waals surface area contributed by atoms with E-state index in [1.54, 1.807) is 35.6 Å². The highest BCUT2D eigenvalue weighted by molar-refractivity contribution is 6.30. The van der Waals surface area contributed by atoms with Crippen LogP contribution in [0.4, 0.5) is 6.01 Å². The summed E-state index contributed by atoms with van der Waals surface area (Å²) in [7, 11) is 0. The molecule has 1 unspecified atom stereocenters. The Kier molecular flexibility index (Phi) is 6.32. The monoisotopic (exact) mass is 465 g/mol. The number of oxazole rings is 1.